The summed E-state index contributed by atoms with van der Waals surface area (Å²) in [4.78, 5) is 51.1. The van der Waals surface area contributed by atoms with Gasteiger partial charge in [-0.15, -0.1) is 0 Å². The zero-order chi connectivity index (χ0) is 28.0. The summed E-state index contributed by atoms with van der Waals surface area (Å²) in [6.07, 6.45) is -8.01. The van der Waals surface area contributed by atoms with Crippen LogP contribution in [-0.2, 0) is 38.9 Å². The van der Waals surface area contributed by atoms with Crippen molar-refractivity contribution in [3.8, 4) is 0 Å². The molecule has 0 bridgehead atoms. The van der Waals surface area contributed by atoms with Crippen LogP contribution in [0.5, 0.6) is 0 Å². The van der Waals surface area contributed by atoms with Gasteiger partial charge in [0.15, 0.2) is 6.10 Å². The minimum atomic E-state index is -5.23. The molecule has 37 heavy (non-hydrogen) atoms. The average Bonchev–Trinajstić information content (AvgIpc) is 3.06. The summed E-state index contributed by atoms with van der Waals surface area (Å²) in [6, 6.07) is 5.25. The molecule has 1 aliphatic rings. The van der Waals surface area contributed by atoms with Gasteiger partial charge in [-0.3, -0.25) is 9.59 Å². The monoisotopic (exact) mass is 532 g/mol. The molecule has 1 fully saturated rings. The Kier molecular flexibility index (Phi) is 9.53. The van der Waals surface area contributed by atoms with E-state index in [4.69, 9.17) is 18.9 Å². The molecule has 1 aliphatic heterocycles. The first-order valence-electron chi connectivity index (χ1n) is 11.5. The molecule has 13 heteroatoms. The van der Waals surface area contributed by atoms with Gasteiger partial charge in [-0.05, 0) is 27.7 Å². The summed E-state index contributed by atoms with van der Waals surface area (Å²) in [5.41, 5.74) is -4.84. The Bertz CT molecular complexity index is 980. The first kappa shape index (κ1) is 29.9. The largest absolute Gasteiger partial charge is 0.465 e. The molecule has 10 nitrogen and oxygen atoms in total. The van der Waals surface area contributed by atoms with Gasteiger partial charge in [0.05, 0.1) is 12.6 Å². The number of amides is 2. The number of methoxy groups -OCH3 is 1. The van der Waals surface area contributed by atoms with Gasteiger partial charge >= 0.3 is 24.2 Å². The second-order valence-corrected chi connectivity index (χ2v) is 9.19. The number of hydrogen-bond donors (Lipinski definition) is 1. The Morgan fingerprint density at radius 1 is 1.11 bits per heavy atom. The van der Waals surface area contributed by atoms with Gasteiger partial charge in [0.25, 0.3) is 11.5 Å². The summed E-state index contributed by atoms with van der Waals surface area (Å²) in [7, 11) is 0.707. The Hall–Kier alpha value is -3.35. The number of alkyl carbamates (subject to hydrolysis) is 1. The van der Waals surface area contributed by atoms with E-state index in [9.17, 15) is 32.3 Å². The molecule has 1 saturated heterocycles. The lowest BCUT2D eigenvalue weighted by Crippen LogP contribution is -2.53. The van der Waals surface area contributed by atoms with Gasteiger partial charge in [-0.25, -0.2) is 9.59 Å². The smallest absolute Gasteiger partial charge is 0.432 e. The number of carbonyl (C=O) groups is 4. The van der Waals surface area contributed by atoms with E-state index in [1.54, 1.807) is 27.7 Å². The van der Waals surface area contributed by atoms with Crippen LogP contribution in [0.1, 0.15) is 39.7 Å². The number of rotatable bonds is 9. The van der Waals surface area contributed by atoms with Crippen LogP contribution < -0.4 is 5.32 Å². The van der Waals surface area contributed by atoms with Crippen LogP contribution in [-0.4, -0.2) is 79.6 Å². The number of esters is 2. The van der Waals surface area contributed by atoms with Crippen molar-refractivity contribution in [2.75, 3.05) is 26.8 Å². The summed E-state index contributed by atoms with van der Waals surface area (Å²) in [6.45, 7) is 5.73. The first-order chi connectivity index (χ1) is 17.2. The zero-order valence-corrected chi connectivity index (χ0v) is 21.2. The second-order valence-electron chi connectivity index (χ2n) is 9.19. The Morgan fingerprint density at radius 3 is 2.24 bits per heavy atom. The molecule has 1 heterocycles. The molecule has 1 aromatic rings. The molecule has 0 aromatic heterocycles. The van der Waals surface area contributed by atoms with Crippen LogP contribution in [0.3, 0.4) is 0 Å². The van der Waals surface area contributed by atoms with Crippen molar-refractivity contribution in [3.63, 3.8) is 0 Å². The molecule has 1 aromatic carbocycles. The van der Waals surface area contributed by atoms with E-state index >= 15 is 0 Å². The fourth-order valence-electron chi connectivity index (χ4n) is 3.80. The molecule has 0 radical (unpaired) electrons. The Morgan fingerprint density at radius 2 is 1.73 bits per heavy atom. The number of carbonyl (C=O) groups excluding carboxylic acids is 4. The van der Waals surface area contributed by atoms with Crippen LogP contribution in [0.4, 0.5) is 18.0 Å². The topological polar surface area (TPSA) is 120 Å². The summed E-state index contributed by atoms with van der Waals surface area (Å²) in [5.74, 6) is -3.54. The number of nitrogens with zero attached hydrogens (tertiary/aromatic N) is 1. The third-order valence-corrected chi connectivity index (χ3v) is 5.39. The summed E-state index contributed by atoms with van der Waals surface area (Å²) >= 11 is 0. The van der Waals surface area contributed by atoms with Crippen molar-refractivity contribution >= 4 is 23.9 Å². The third-order valence-electron chi connectivity index (χ3n) is 5.39. The highest BCUT2D eigenvalue weighted by molar-refractivity contribution is 5.91. The van der Waals surface area contributed by atoms with Gasteiger partial charge in [-0.1, -0.05) is 30.3 Å². The minimum absolute atomic E-state index is 0.0269. The molecule has 0 aliphatic carbocycles. The highest BCUT2D eigenvalue weighted by Crippen LogP contribution is 2.43. The highest BCUT2D eigenvalue weighted by atomic mass is 19.4. The maximum atomic E-state index is 14.2. The van der Waals surface area contributed by atoms with Crippen LogP contribution in [0.15, 0.2) is 30.3 Å². The number of hydrogen-bond acceptors (Lipinski definition) is 8. The average molecular weight is 533 g/mol. The van der Waals surface area contributed by atoms with E-state index < -0.39 is 65.6 Å². The lowest BCUT2D eigenvalue weighted by molar-refractivity contribution is -0.277. The zero-order valence-electron chi connectivity index (χ0n) is 21.2. The standard InChI is InChI=1S/C24H31F3N2O8/c1-6-35-18(30)14-29-16(13-28-21(33)37-22(2,3)4)12-17(19(29)31)36-20(32)23(34-5,24(25,26)27)15-10-8-7-9-11-15/h7-11,16-17H,6,12-14H2,1-5H3,(H,28,33)/t16-,17-,23-/m1/s1. The van der Waals surface area contributed by atoms with Gasteiger partial charge < -0.3 is 29.2 Å². The molecule has 3 atom stereocenters. The summed E-state index contributed by atoms with van der Waals surface area (Å²) in [5, 5.41) is 2.45. The van der Waals surface area contributed by atoms with Crippen LogP contribution in [0, 0.1) is 0 Å². The fraction of sp³-hybridized carbons (Fsp3) is 0.583. The SMILES string of the molecule is CCOC(=O)CN1C(=O)[C@H](OC(=O)[C@](OC)(c2ccccc2)C(F)(F)F)C[C@@H]1CNC(=O)OC(C)(C)C. The van der Waals surface area contributed by atoms with Crippen molar-refractivity contribution in [3.05, 3.63) is 35.9 Å². The molecule has 1 N–H and O–H groups in total. The Labute approximate surface area is 212 Å². The van der Waals surface area contributed by atoms with Gasteiger partial charge in [0.1, 0.15) is 12.1 Å². The lowest BCUT2D eigenvalue weighted by Gasteiger charge is -2.33. The number of nitrogens with one attached hydrogen (secondary N) is 1. The van der Waals surface area contributed by atoms with E-state index in [0.29, 0.717) is 7.11 Å². The number of halogens is 3. The predicted octanol–water partition coefficient (Wildman–Crippen LogP) is 2.69. The summed E-state index contributed by atoms with van der Waals surface area (Å²) < 4.78 is 62.4. The Balaban J connectivity index is 2.29. The third kappa shape index (κ3) is 7.12. The lowest BCUT2D eigenvalue weighted by atomic mass is 9.92. The molecular formula is C24H31F3N2O8. The van der Waals surface area contributed by atoms with E-state index in [1.807, 2.05) is 0 Å². The molecule has 0 saturated carbocycles. The van der Waals surface area contributed by atoms with Crippen molar-refractivity contribution in [2.45, 2.75) is 63.6 Å². The molecule has 0 spiro atoms. The van der Waals surface area contributed by atoms with Crippen molar-refractivity contribution in [1.82, 2.24) is 10.2 Å². The molecule has 2 rings (SSSR count). The number of likely N-dealkylation sites (tertiary alicyclic amines) is 1. The van der Waals surface area contributed by atoms with Gasteiger partial charge in [0, 0.05) is 25.6 Å². The molecule has 2 amide bonds. The van der Waals surface area contributed by atoms with Gasteiger partial charge in [-0.2, -0.15) is 13.2 Å². The first-order valence-corrected chi connectivity index (χ1v) is 11.5. The van der Waals surface area contributed by atoms with E-state index in [-0.39, 0.29) is 19.6 Å². The predicted molar refractivity (Wildman–Crippen MR) is 122 cm³/mol. The normalized spacial score (nSPS) is 19.7. The van der Waals surface area contributed by atoms with Crippen LogP contribution >= 0.6 is 0 Å². The van der Waals surface area contributed by atoms with Crippen molar-refractivity contribution in [1.29, 1.82) is 0 Å². The van der Waals surface area contributed by atoms with Crippen molar-refractivity contribution < 1.29 is 51.3 Å². The molecule has 0 unspecified atom stereocenters. The van der Waals surface area contributed by atoms with E-state index in [0.717, 1.165) is 17.0 Å². The fourth-order valence-corrected chi connectivity index (χ4v) is 3.80. The van der Waals surface area contributed by atoms with E-state index in [2.05, 4.69) is 5.32 Å². The van der Waals surface area contributed by atoms with E-state index in [1.165, 1.54) is 18.2 Å². The van der Waals surface area contributed by atoms with Crippen LogP contribution in [0.25, 0.3) is 0 Å². The molecule has 206 valence electrons. The quantitative estimate of drug-likeness (QED) is 0.381. The molecular weight excluding hydrogens is 501 g/mol. The minimum Gasteiger partial charge on any atom is -0.465 e. The van der Waals surface area contributed by atoms with Gasteiger partial charge in [0.2, 0.25) is 0 Å². The van der Waals surface area contributed by atoms with Crippen molar-refractivity contribution in [2.24, 2.45) is 0 Å². The second kappa shape index (κ2) is 11.8. The number of benzene rings is 1. The number of alkyl halides is 3. The maximum Gasteiger partial charge on any atom is 0.432 e. The maximum absolute atomic E-state index is 14.2. The number of ether oxygens (including phenoxy) is 4. The highest BCUT2D eigenvalue weighted by Gasteiger charge is 2.65. The van der Waals surface area contributed by atoms with Crippen LogP contribution in [0.2, 0.25) is 0 Å².